The summed E-state index contributed by atoms with van der Waals surface area (Å²) in [6, 6.07) is 0. The molecule has 0 spiro atoms. The molecule has 0 aliphatic carbocycles. The normalized spacial score (nSPS) is 12.1. The highest BCUT2D eigenvalue weighted by atomic mass is 16.4. The van der Waals surface area contributed by atoms with Crippen molar-refractivity contribution >= 4 is 5.97 Å². The highest BCUT2D eigenvalue weighted by molar-refractivity contribution is 5.64. The summed E-state index contributed by atoms with van der Waals surface area (Å²) in [5, 5.41) is 10.2. The van der Waals surface area contributed by atoms with Gasteiger partial charge in [0.05, 0.1) is 27.2 Å². The second-order valence-corrected chi connectivity index (χ2v) is 4.36. The first-order chi connectivity index (χ1) is 5.33. The van der Waals surface area contributed by atoms with Crippen molar-refractivity contribution in [2.75, 3.05) is 27.2 Å². The Balaban J connectivity index is 3.78. The van der Waals surface area contributed by atoms with Crippen LogP contribution in [0.25, 0.3) is 0 Å². The molecule has 0 heterocycles. The van der Waals surface area contributed by atoms with Gasteiger partial charge in [0.15, 0.2) is 0 Å². The number of hydrogen-bond donors (Lipinski definition) is 0. The zero-order valence-electron chi connectivity index (χ0n) is 8.46. The molecular formula is C9H19NO2. The van der Waals surface area contributed by atoms with Gasteiger partial charge in [-0.3, -0.25) is 0 Å². The summed E-state index contributed by atoms with van der Waals surface area (Å²) >= 11 is 0. The Bertz CT molecular complexity index is 153. The van der Waals surface area contributed by atoms with Crippen LogP contribution >= 0.6 is 0 Å². The molecule has 0 saturated heterocycles. The van der Waals surface area contributed by atoms with Gasteiger partial charge in [-0.15, -0.1) is 0 Å². The number of rotatable bonds is 5. The van der Waals surface area contributed by atoms with Crippen LogP contribution in [0.15, 0.2) is 0 Å². The zero-order valence-corrected chi connectivity index (χ0v) is 8.46. The number of carbonyl (C=O) groups is 1. The van der Waals surface area contributed by atoms with Crippen LogP contribution < -0.4 is 5.11 Å². The lowest BCUT2D eigenvalue weighted by Gasteiger charge is -2.31. The molecule has 0 fully saturated rings. The van der Waals surface area contributed by atoms with Gasteiger partial charge in [0.2, 0.25) is 0 Å². The Kier molecular flexibility index (Phi) is 4.24. The van der Waals surface area contributed by atoms with Crippen LogP contribution in [0.1, 0.15) is 20.3 Å². The lowest BCUT2D eigenvalue weighted by atomic mass is 10.2. The first kappa shape index (κ1) is 11.4. The molecule has 0 saturated carbocycles. The molecule has 0 N–H and O–H groups in total. The number of hydrogen-bond acceptors (Lipinski definition) is 2. The van der Waals surface area contributed by atoms with Gasteiger partial charge in [-0.05, 0) is 0 Å². The molecule has 72 valence electrons. The van der Waals surface area contributed by atoms with E-state index >= 15 is 0 Å². The van der Waals surface area contributed by atoms with Crippen molar-refractivity contribution in [3.63, 3.8) is 0 Å². The van der Waals surface area contributed by atoms with Crippen LogP contribution in [-0.4, -0.2) is 37.6 Å². The molecule has 0 aromatic heterocycles. The molecule has 0 aliphatic heterocycles. The third kappa shape index (κ3) is 6.16. The first-order valence-corrected chi connectivity index (χ1v) is 4.35. The minimum atomic E-state index is -0.954. The number of nitrogens with zero attached hydrogens (tertiary/aromatic N) is 1. The summed E-state index contributed by atoms with van der Waals surface area (Å²) in [5.74, 6) is -0.355. The molecular weight excluding hydrogens is 154 g/mol. The topological polar surface area (TPSA) is 40.1 Å². The SMILES string of the molecule is CC(C)C[N+](C)(C)CCC(=O)[O-]. The van der Waals surface area contributed by atoms with E-state index in [-0.39, 0.29) is 6.42 Å². The quantitative estimate of drug-likeness (QED) is 0.543. The van der Waals surface area contributed by atoms with E-state index in [0.717, 1.165) is 11.0 Å². The van der Waals surface area contributed by atoms with Crippen LogP contribution in [0.2, 0.25) is 0 Å². The van der Waals surface area contributed by atoms with Crippen LogP contribution in [0, 0.1) is 5.92 Å². The van der Waals surface area contributed by atoms with Gasteiger partial charge in [0.1, 0.15) is 0 Å². The average Bonchev–Trinajstić information content (AvgIpc) is 1.81. The van der Waals surface area contributed by atoms with E-state index in [4.69, 9.17) is 0 Å². The maximum Gasteiger partial charge on any atom is 0.0835 e. The molecule has 0 atom stereocenters. The summed E-state index contributed by atoms with van der Waals surface area (Å²) < 4.78 is 0.756. The molecule has 0 amide bonds. The van der Waals surface area contributed by atoms with Gasteiger partial charge in [-0.25, -0.2) is 0 Å². The standard InChI is InChI=1S/C9H19NO2/c1-8(2)7-10(3,4)6-5-9(11)12/h8H,5-7H2,1-4H3. The summed E-state index contributed by atoms with van der Waals surface area (Å²) in [6.07, 6.45) is 0.152. The van der Waals surface area contributed by atoms with Crippen molar-refractivity contribution in [2.45, 2.75) is 20.3 Å². The Morgan fingerprint density at radius 2 is 1.92 bits per heavy atom. The Labute approximate surface area is 74.6 Å². The minimum Gasteiger partial charge on any atom is -0.550 e. The predicted molar refractivity (Wildman–Crippen MR) is 46.3 cm³/mol. The number of quaternary nitrogens is 1. The van der Waals surface area contributed by atoms with Crippen molar-refractivity contribution in [3.05, 3.63) is 0 Å². The lowest BCUT2D eigenvalue weighted by Crippen LogP contribution is -2.45. The van der Waals surface area contributed by atoms with E-state index in [1.54, 1.807) is 0 Å². The van der Waals surface area contributed by atoms with Gasteiger partial charge in [-0.2, -0.15) is 0 Å². The van der Waals surface area contributed by atoms with E-state index in [0.29, 0.717) is 12.5 Å². The second-order valence-electron chi connectivity index (χ2n) is 4.36. The van der Waals surface area contributed by atoms with Crippen molar-refractivity contribution in [2.24, 2.45) is 5.92 Å². The molecule has 0 radical (unpaired) electrons. The molecule has 0 unspecified atom stereocenters. The lowest BCUT2D eigenvalue weighted by molar-refractivity contribution is -0.892. The fourth-order valence-electron chi connectivity index (χ4n) is 1.47. The molecule has 0 aliphatic rings. The number of carbonyl (C=O) groups excluding carboxylic acids is 1. The third-order valence-corrected chi connectivity index (χ3v) is 1.78. The summed E-state index contributed by atoms with van der Waals surface area (Å²) in [5.41, 5.74) is 0. The van der Waals surface area contributed by atoms with Crippen LogP contribution in [0.3, 0.4) is 0 Å². The monoisotopic (exact) mass is 173 g/mol. The molecule has 0 bridgehead atoms. The number of carboxylic acid groups (broad SMARTS) is 1. The molecule has 3 heteroatoms. The van der Waals surface area contributed by atoms with Crippen LogP contribution in [0.5, 0.6) is 0 Å². The fourth-order valence-corrected chi connectivity index (χ4v) is 1.47. The van der Waals surface area contributed by atoms with Gasteiger partial charge < -0.3 is 14.4 Å². The summed E-state index contributed by atoms with van der Waals surface area (Å²) in [6.45, 7) is 5.94. The van der Waals surface area contributed by atoms with Gasteiger partial charge in [-0.1, -0.05) is 13.8 Å². The third-order valence-electron chi connectivity index (χ3n) is 1.78. The van der Waals surface area contributed by atoms with Crippen molar-refractivity contribution in [1.29, 1.82) is 0 Å². The first-order valence-electron chi connectivity index (χ1n) is 4.35. The summed E-state index contributed by atoms with van der Waals surface area (Å²) in [4.78, 5) is 10.2. The van der Waals surface area contributed by atoms with E-state index < -0.39 is 5.97 Å². The molecule has 0 rings (SSSR count). The van der Waals surface area contributed by atoms with Crippen molar-refractivity contribution < 1.29 is 14.4 Å². The largest absolute Gasteiger partial charge is 0.550 e. The van der Waals surface area contributed by atoms with E-state index in [2.05, 4.69) is 13.8 Å². The molecule has 3 nitrogen and oxygen atoms in total. The van der Waals surface area contributed by atoms with Crippen LogP contribution in [-0.2, 0) is 4.79 Å². The maximum atomic E-state index is 10.2. The highest BCUT2D eigenvalue weighted by Gasteiger charge is 2.15. The smallest absolute Gasteiger partial charge is 0.0835 e. The fraction of sp³-hybridized carbons (Fsp3) is 0.889. The number of aliphatic carboxylic acids is 1. The average molecular weight is 173 g/mol. The van der Waals surface area contributed by atoms with Gasteiger partial charge in [0.25, 0.3) is 0 Å². The zero-order chi connectivity index (χ0) is 9.78. The van der Waals surface area contributed by atoms with Crippen molar-refractivity contribution in [3.8, 4) is 0 Å². The van der Waals surface area contributed by atoms with Gasteiger partial charge >= 0.3 is 0 Å². The minimum absolute atomic E-state index is 0.152. The highest BCUT2D eigenvalue weighted by Crippen LogP contribution is 2.04. The predicted octanol–water partition coefficient (Wildman–Crippen LogP) is -0.141. The second kappa shape index (κ2) is 4.45. The Morgan fingerprint density at radius 1 is 1.42 bits per heavy atom. The maximum absolute atomic E-state index is 10.2. The van der Waals surface area contributed by atoms with Crippen molar-refractivity contribution in [1.82, 2.24) is 0 Å². The van der Waals surface area contributed by atoms with E-state index in [9.17, 15) is 9.90 Å². The number of carboxylic acids is 1. The van der Waals surface area contributed by atoms with Gasteiger partial charge in [0, 0.05) is 18.3 Å². The van der Waals surface area contributed by atoms with E-state index in [1.165, 1.54) is 0 Å². The Morgan fingerprint density at radius 3 is 2.25 bits per heavy atom. The Hall–Kier alpha value is -0.570. The van der Waals surface area contributed by atoms with E-state index in [1.807, 2.05) is 14.1 Å². The molecule has 0 aromatic rings. The molecule has 12 heavy (non-hydrogen) atoms. The summed E-state index contributed by atoms with van der Waals surface area (Å²) in [7, 11) is 4.09. The van der Waals surface area contributed by atoms with Crippen LogP contribution in [0.4, 0.5) is 0 Å². The molecule has 0 aromatic carbocycles.